The Morgan fingerprint density at radius 2 is 1.56 bits per heavy atom. The number of anilines is 1. The van der Waals surface area contributed by atoms with Gasteiger partial charge in [-0.2, -0.15) is 0 Å². The van der Waals surface area contributed by atoms with Gasteiger partial charge in [0.2, 0.25) is 0 Å². The number of methoxy groups -OCH3 is 1. The minimum atomic E-state index is 0.867. The van der Waals surface area contributed by atoms with E-state index >= 15 is 0 Å². The lowest BCUT2D eigenvalue weighted by atomic mass is 10.1. The summed E-state index contributed by atoms with van der Waals surface area (Å²) < 4.78 is 8.00. The van der Waals surface area contributed by atoms with Gasteiger partial charge >= 0.3 is 0 Å². The number of fused-ring (bicyclic) bond motifs is 2. The largest absolute Gasteiger partial charge is 0.496 e. The highest BCUT2D eigenvalue weighted by molar-refractivity contribution is 5.87. The fourth-order valence-corrected chi connectivity index (χ4v) is 4.92. The van der Waals surface area contributed by atoms with Gasteiger partial charge < -0.3 is 19.1 Å². The first-order valence-electron chi connectivity index (χ1n) is 12.6. The third-order valence-electron chi connectivity index (χ3n) is 6.82. The van der Waals surface area contributed by atoms with Gasteiger partial charge in [0.15, 0.2) is 0 Å². The molecule has 2 aromatic heterocycles. The fourth-order valence-electron chi connectivity index (χ4n) is 4.92. The van der Waals surface area contributed by atoms with Gasteiger partial charge in [0, 0.05) is 55.2 Å². The van der Waals surface area contributed by atoms with Crippen molar-refractivity contribution < 1.29 is 4.74 Å². The predicted molar refractivity (Wildman–Crippen MR) is 150 cm³/mol. The number of hydrogen-bond acceptors (Lipinski definition) is 4. The Morgan fingerprint density at radius 3 is 2.36 bits per heavy atom. The summed E-state index contributed by atoms with van der Waals surface area (Å²) in [6.07, 6.45) is 3.37. The quantitative estimate of drug-likeness (QED) is 0.239. The monoisotopic (exact) mass is 478 g/mol. The summed E-state index contributed by atoms with van der Waals surface area (Å²) in [5.74, 6) is 1.81. The molecule has 0 aliphatic heterocycles. The molecule has 5 nitrogen and oxygen atoms in total. The summed E-state index contributed by atoms with van der Waals surface area (Å²) in [4.78, 5) is 9.48. The molecule has 0 saturated carbocycles. The van der Waals surface area contributed by atoms with Crippen LogP contribution in [0.1, 0.15) is 17.5 Å². The molecule has 0 bridgehead atoms. The van der Waals surface area contributed by atoms with E-state index < -0.39 is 0 Å². The van der Waals surface area contributed by atoms with Crippen LogP contribution in [-0.2, 0) is 13.1 Å². The SMILES string of the molecule is COc1cc(N(C)CCCN(C)Cc2cn(Cc3ccccc3)c3ccccc23)nc2ccccc12. The number of hydrogen-bond donors (Lipinski definition) is 0. The van der Waals surface area contributed by atoms with Crippen LogP contribution >= 0.6 is 0 Å². The maximum atomic E-state index is 5.63. The maximum absolute atomic E-state index is 5.63. The molecule has 2 heterocycles. The lowest BCUT2D eigenvalue weighted by Gasteiger charge is -2.22. The first-order valence-corrected chi connectivity index (χ1v) is 12.6. The molecular weight excluding hydrogens is 444 g/mol. The van der Waals surface area contributed by atoms with Crippen molar-refractivity contribution in [1.82, 2.24) is 14.5 Å². The number of benzene rings is 3. The van der Waals surface area contributed by atoms with Crippen LogP contribution in [0, 0.1) is 0 Å². The van der Waals surface area contributed by atoms with E-state index in [9.17, 15) is 0 Å². The Balaban J connectivity index is 1.23. The van der Waals surface area contributed by atoms with E-state index in [2.05, 4.69) is 95.3 Å². The van der Waals surface area contributed by atoms with Crippen LogP contribution < -0.4 is 9.64 Å². The molecular formula is C31H34N4O. The maximum Gasteiger partial charge on any atom is 0.132 e. The molecule has 0 aliphatic carbocycles. The van der Waals surface area contributed by atoms with Crippen molar-refractivity contribution in [1.29, 1.82) is 0 Å². The van der Waals surface area contributed by atoms with Crippen molar-refractivity contribution in [2.75, 3.05) is 39.2 Å². The molecule has 0 saturated heterocycles. The molecule has 0 atom stereocenters. The summed E-state index contributed by atoms with van der Waals surface area (Å²) in [7, 11) is 6.03. The van der Waals surface area contributed by atoms with E-state index in [1.54, 1.807) is 7.11 Å². The third kappa shape index (κ3) is 5.21. The Hall–Kier alpha value is -3.83. The van der Waals surface area contributed by atoms with Gasteiger partial charge in [0.1, 0.15) is 11.6 Å². The van der Waals surface area contributed by atoms with Crippen LogP contribution in [0.2, 0.25) is 0 Å². The van der Waals surface area contributed by atoms with Gasteiger partial charge in [-0.15, -0.1) is 0 Å². The van der Waals surface area contributed by atoms with E-state index in [1.807, 2.05) is 24.3 Å². The van der Waals surface area contributed by atoms with E-state index in [4.69, 9.17) is 9.72 Å². The number of pyridine rings is 1. The van der Waals surface area contributed by atoms with Crippen molar-refractivity contribution in [2.45, 2.75) is 19.5 Å². The van der Waals surface area contributed by atoms with Crippen LogP contribution in [0.4, 0.5) is 5.82 Å². The second-order valence-corrected chi connectivity index (χ2v) is 9.50. The van der Waals surface area contributed by atoms with Crippen LogP contribution in [0.25, 0.3) is 21.8 Å². The molecule has 0 fully saturated rings. The highest BCUT2D eigenvalue weighted by Gasteiger charge is 2.12. The van der Waals surface area contributed by atoms with Crippen molar-refractivity contribution in [3.05, 3.63) is 102 Å². The van der Waals surface area contributed by atoms with Gasteiger partial charge in [-0.1, -0.05) is 60.7 Å². The minimum absolute atomic E-state index is 0.867. The zero-order chi connectivity index (χ0) is 24.9. The first-order chi connectivity index (χ1) is 17.6. The molecule has 5 heteroatoms. The number of aromatic nitrogens is 2. The molecule has 0 aliphatic rings. The number of rotatable bonds is 10. The molecule has 0 radical (unpaired) electrons. The van der Waals surface area contributed by atoms with E-state index in [0.29, 0.717) is 0 Å². The van der Waals surface area contributed by atoms with E-state index in [0.717, 1.165) is 55.1 Å². The average Bonchev–Trinajstić information content (AvgIpc) is 3.25. The number of ether oxygens (including phenoxy) is 1. The molecule has 3 aromatic carbocycles. The summed E-state index contributed by atoms with van der Waals surface area (Å²) in [6.45, 7) is 3.74. The molecule has 5 rings (SSSR count). The fraction of sp³-hybridized carbons (Fsp3) is 0.258. The summed E-state index contributed by atoms with van der Waals surface area (Å²) in [5, 5.41) is 2.38. The summed E-state index contributed by atoms with van der Waals surface area (Å²) in [5.41, 5.74) is 4.95. The Kier molecular flexibility index (Phi) is 7.19. The number of nitrogens with zero attached hydrogens (tertiary/aromatic N) is 4. The second kappa shape index (κ2) is 10.8. The first kappa shape index (κ1) is 23.9. The molecule has 5 aromatic rings. The van der Waals surface area contributed by atoms with Crippen molar-refractivity contribution in [2.24, 2.45) is 0 Å². The Labute approximate surface area is 213 Å². The zero-order valence-electron chi connectivity index (χ0n) is 21.4. The van der Waals surface area contributed by atoms with Gasteiger partial charge in [0.25, 0.3) is 0 Å². The third-order valence-corrected chi connectivity index (χ3v) is 6.82. The molecule has 0 spiro atoms. The summed E-state index contributed by atoms with van der Waals surface area (Å²) >= 11 is 0. The second-order valence-electron chi connectivity index (χ2n) is 9.50. The molecule has 36 heavy (non-hydrogen) atoms. The Bertz CT molecular complexity index is 1440. The van der Waals surface area contributed by atoms with Crippen LogP contribution in [-0.4, -0.2) is 48.7 Å². The zero-order valence-corrected chi connectivity index (χ0v) is 21.4. The predicted octanol–water partition coefficient (Wildman–Crippen LogP) is 6.20. The molecule has 0 N–H and O–H groups in total. The van der Waals surface area contributed by atoms with Gasteiger partial charge in [0.05, 0.1) is 12.6 Å². The van der Waals surface area contributed by atoms with Crippen molar-refractivity contribution in [3.63, 3.8) is 0 Å². The van der Waals surface area contributed by atoms with Crippen LogP contribution in [0.5, 0.6) is 5.75 Å². The lowest BCUT2D eigenvalue weighted by molar-refractivity contribution is 0.324. The van der Waals surface area contributed by atoms with Crippen molar-refractivity contribution >= 4 is 27.6 Å². The number of para-hydroxylation sites is 2. The van der Waals surface area contributed by atoms with Crippen molar-refractivity contribution in [3.8, 4) is 5.75 Å². The smallest absolute Gasteiger partial charge is 0.132 e. The van der Waals surface area contributed by atoms with E-state index in [1.165, 1.54) is 22.0 Å². The normalized spacial score (nSPS) is 11.4. The van der Waals surface area contributed by atoms with E-state index in [-0.39, 0.29) is 0 Å². The molecule has 0 unspecified atom stereocenters. The highest BCUT2D eigenvalue weighted by Crippen LogP contribution is 2.28. The molecule has 184 valence electrons. The summed E-state index contributed by atoms with van der Waals surface area (Å²) in [6, 6.07) is 29.6. The lowest BCUT2D eigenvalue weighted by Crippen LogP contribution is -2.25. The van der Waals surface area contributed by atoms with Crippen LogP contribution in [0.3, 0.4) is 0 Å². The average molecular weight is 479 g/mol. The van der Waals surface area contributed by atoms with Gasteiger partial charge in [-0.3, -0.25) is 0 Å². The molecule has 0 amide bonds. The Morgan fingerprint density at radius 1 is 0.833 bits per heavy atom. The topological polar surface area (TPSA) is 33.5 Å². The van der Waals surface area contributed by atoms with Gasteiger partial charge in [-0.25, -0.2) is 4.98 Å². The van der Waals surface area contributed by atoms with Crippen LogP contribution in [0.15, 0.2) is 91.1 Å². The standard InChI is InChI=1S/C31H34N4O/c1-33(18-11-19-34(2)31-20-30(36-3)27-15-7-9-16-28(27)32-31)22-25-23-35(21-24-12-5-4-6-13-24)29-17-10-8-14-26(25)29/h4-10,12-17,20,23H,11,18-19,21-22H2,1-3H3. The van der Waals surface area contributed by atoms with Gasteiger partial charge in [-0.05, 0) is 49.3 Å². The minimum Gasteiger partial charge on any atom is -0.496 e. The highest BCUT2D eigenvalue weighted by atomic mass is 16.5.